The molecule has 13 heteroatoms. The third-order valence-corrected chi connectivity index (χ3v) is 4.65. The first kappa shape index (κ1) is 17.5. The lowest BCUT2D eigenvalue weighted by Crippen LogP contribution is -2.34. The second-order valence-electron chi connectivity index (χ2n) is 6.49. The highest BCUT2D eigenvalue weighted by atomic mass is 32.2. The van der Waals surface area contributed by atoms with Gasteiger partial charge in [-0.05, 0) is 13.8 Å². The first-order valence-corrected chi connectivity index (χ1v) is 9.23. The Kier molecular flexibility index (Phi) is 3.91. The molecule has 0 aromatic carbocycles. The highest BCUT2D eigenvalue weighted by Crippen LogP contribution is 2.43. The van der Waals surface area contributed by atoms with Crippen LogP contribution in [0.25, 0.3) is 11.2 Å². The second-order valence-corrected chi connectivity index (χ2v) is 7.71. The largest absolute Gasteiger partial charge is 0.382 e. The van der Waals surface area contributed by atoms with Crippen molar-refractivity contribution >= 4 is 27.3 Å². The van der Waals surface area contributed by atoms with Gasteiger partial charge in [-0.2, -0.15) is 8.42 Å². The summed E-state index contributed by atoms with van der Waals surface area (Å²) in [6.45, 7) is 3.21. The van der Waals surface area contributed by atoms with Gasteiger partial charge in [-0.1, -0.05) is 0 Å². The van der Waals surface area contributed by atoms with Crippen LogP contribution in [0.2, 0.25) is 0 Å². The van der Waals surface area contributed by atoms with Crippen LogP contribution < -0.4 is 10.9 Å². The van der Waals surface area contributed by atoms with Crippen LogP contribution >= 0.6 is 0 Å². The molecule has 4 N–H and O–H groups in total. The summed E-state index contributed by atoms with van der Waals surface area (Å²) in [6.07, 6.45) is 0.340. The lowest BCUT2D eigenvalue weighted by Gasteiger charge is -2.24. The minimum Gasteiger partial charge on any atom is -0.382 e. The lowest BCUT2D eigenvalue weighted by molar-refractivity contribution is -0.198. The van der Waals surface area contributed by atoms with Gasteiger partial charge in [-0.15, -0.1) is 0 Å². The maximum absolute atomic E-state index is 11.1. The van der Waals surface area contributed by atoms with Crippen LogP contribution in [0, 0.1) is 0 Å². The van der Waals surface area contributed by atoms with Crippen molar-refractivity contribution < 1.29 is 26.8 Å². The first-order chi connectivity index (χ1) is 12.1. The fraction of sp³-hybridized carbons (Fsp3) is 0.615. The average molecular weight is 386 g/mol. The van der Waals surface area contributed by atoms with Crippen molar-refractivity contribution in [3.63, 3.8) is 0 Å². The van der Waals surface area contributed by atoms with Gasteiger partial charge in [0.1, 0.15) is 30.2 Å². The van der Waals surface area contributed by atoms with E-state index in [0.717, 1.165) is 0 Å². The average Bonchev–Trinajstić information content (AvgIpc) is 3.16. The molecule has 2 unspecified atom stereocenters. The molecular weight excluding hydrogens is 368 g/mol. The molecule has 0 radical (unpaired) electrons. The van der Waals surface area contributed by atoms with Crippen molar-refractivity contribution in [1.82, 2.24) is 19.5 Å². The van der Waals surface area contributed by atoms with Crippen molar-refractivity contribution in [2.24, 2.45) is 5.14 Å². The number of ether oxygens (including phenoxy) is 3. The zero-order chi connectivity index (χ0) is 18.7. The quantitative estimate of drug-likeness (QED) is 0.668. The summed E-state index contributed by atoms with van der Waals surface area (Å²) >= 11 is 0. The van der Waals surface area contributed by atoms with Gasteiger partial charge in [0.15, 0.2) is 23.5 Å². The molecule has 0 spiro atoms. The van der Waals surface area contributed by atoms with Crippen molar-refractivity contribution in [3.8, 4) is 0 Å². The van der Waals surface area contributed by atoms with E-state index in [4.69, 9.17) is 25.1 Å². The number of imidazole rings is 1. The highest BCUT2D eigenvalue weighted by molar-refractivity contribution is 7.84. The molecule has 2 fully saturated rings. The predicted octanol–water partition coefficient (Wildman–Crippen LogP) is -0.954. The molecule has 0 aliphatic carbocycles. The van der Waals surface area contributed by atoms with Crippen LogP contribution in [-0.2, 0) is 28.7 Å². The SMILES string of the molecule is CC1(C)OC2C(O1)[C@@H](COS(N)(=O)=O)O[C@H]2n1cnc2c(N)ncnc21. The second kappa shape index (κ2) is 5.80. The molecular formula is C13H18N6O6S. The van der Waals surface area contributed by atoms with Crippen molar-refractivity contribution in [2.45, 2.75) is 44.2 Å². The lowest BCUT2D eigenvalue weighted by atomic mass is 10.1. The number of hydrogen-bond donors (Lipinski definition) is 2. The summed E-state index contributed by atoms with van der Waals surface area (Å²) < 4.78 is 46.3. The van der Waals surface area contributed by atoms with E-state index in [1.165, 1.54) is 12.7 Å². The number of anilines is 1. The maximum atomic E-state index is 11.1. The number of nitrogens with two attached hydrogens (primary N) is 2. The Morgan fingerprint density at radius 1 is 1.27 bits per heavy atom. The molecule has 2 aromatic heterocycles. The molecule has 2 aliphatic rings. The van der Waals surface area contributed by atoms with Crippen molar-refractivity contribution in [1.29, 1.82) is 0 Å². The summed E-state index contributed by atoms with van der Waals surface area (Å²) in [6, 6.07) is 0. The molecule has 142 valence electrons. The minimum absolute atomic E-state index is 0.237. The van der Waals surface area contributed by atoms with E-state index in [1.807, 2.05) is 0 Å². The van der Waals surface area contributed by atoms with Crippen LogP contribution in [0.15, 0.2) is 12.7 Å². The van der Waals surface area contributed by atoms with E-state index in [9.17, 15) is 8.42 Å². The Bertz CT molecular complexity index is 946. The van der Waals surface area contributed by atoms with E-state index in [1.54, 1.807) is 18.4 Å². The molecule has 0 saturated carbocycles. The molecule has 4 atom stereocenters. The van der Waals surface area contributed by atoms with Crippen LogP contribution in [-0.4, -0.2) is 58.6 Å². The normalized spacial score (nSPS) is 30.7. The van der Waals surface area contributed by atoms with Crippen LogP contribution in [0.3, 0.4) is 0 Å². The fourth-order valence-corrected chi connectivity index (χ4v) is 3.56. The minimum atomic E-state index is -4.11. The van der Waals surface area contributed by atoms with Crippen molar-refractivity contribution in [2.75, 3.05) is 12.3 Å². The van der Waals surface area contributed by atoms with Crippen LogP contribution in [0.4, 0.5) is 5.82 Å². The summed E-state index contributed by atoms with van der Waals surface area (Å²) in [5.41, 5.74) is 6.70. The van der Waals surface area contributed by atoms with Gasteiger partial charge in [0.05, 0.1) is 12.9 Å². The maximum Gasteiger partial charge on any atom is 0.333 e. The number of fused-ring (bicyclic) bond motifs is 2. The Morgan fingerprint density at radius 2 is 2.00 bits per heavy atom. The van der Waals surface area contributed by atoms with E-state index >= 15 is 0 Å². The van der Waals surface area contributed by atoms with Gasteiger partial charge in [-0.3, -0.25) is 8.75 Å². The smallest absolute Gasteiger partial charge is 0.333 e. The standard InChI is InChI=1S/C13H18N6O6S/c1-13(2)24-8-6(3-22-26(15,20)21)23-12(9(8)25-13)19-5-18-7-10(14)16-4-17-11(7)19/h4-6,8-9,12H,3H2,1-2H3,(H2,14,16,17)(H2,15,20,21)/t6-,8?,9?,12-/m1/s1. The fourth-order valence-electron chi connectivity index (χ4n) is 3.24. The topological polar surface area (TPSA) is 167 Å². The van der Waals surface area contributed by atoms with E-state index in [-0.39, 0.29) is 12.4 Å². The molecule has 0 bridgehead atoms. The van der Waals surface area contributed by atoms with E-state index < -0.39 is 40.6 Å². The molecule has 2 aliphatic heterocycles. The van der Waals surface area contributed by atoms with Crippen LogP contribution in [0.1, 0.15) is 20.1 Å². The third kappa shape index (κ3) is 3.02. The Hall–Kier alpha value is -1.90. The third-order valence-electron chi connectivity index (χ3n) is 4.18. The van der Waals surface area contributed by atoms with E-state index in [2.05, 4.69) is 19.1 Å². The number of aromatic nitrogens is 4. The Morgan fingerprint density at radius 3 is 2.73 bits per heavy atom. The van der Waals surface area contributed by atoms with Gasteiger partial charge in [0, 0.05) is 0 Å². The molecule has 2 aromatic rings. The Balaban J connectivity index is 1.68. The number of hydrogen-bond acceptors (Lipinski definition) is 10. The number of rotatable bonds is 4. The zero-order valence-electron chi connectivity index (χ0n) is 14.0. The number of nitrogen functional groups attached to an aromatic ring is 1. The molecule has 0 amide bonds. The highest BCUT2D eigenvalue weighted by Gasteiger charge is 2.56. The Labute approximate surface area is 148 Å². The summed E-state index contributed by atoms with van der Waals surface area (Å²) in [4.78, 5) is 12.3. The first-order valence-electron chi connectivity index (χ1n) is 7.76. The molecule has 4 heterocycles. The summed E-state index contributed by atoms with van der Waals surface area (Å²) in [7, 11) is -4.11. The van der Waals surface area contributed by atoms with Gasteiger partial charge in [-0.25, -0.2) is 20.1 Å². The van der Waals surface area contributed by atoms with Gasteiger partial charge in [0.25, 0.3) is 0 Å². The molecule has 12 nitrogen and oxygen atoms in total. The van der Waals surface area contributed by atoms with Gasteiger partial charge < -0.3 is 19.9 Å². The summed E-state index contributed by atoms with van der Waals surface area (Å²) in [5, 5.41) is 4.90. The molecule has 2 saturated heterocycles. The summed E-state index contributed by atoms with van der Waals surface area (Å²) in [5.74, 6) is -0.636. The molecule has 26 heavy (non-hydrogen) atoms. The van der Waals surface area contributed by atoms with E-state index in [0.29, 0.717) is 11.2 Å². The van der Waals surface area contributed by atoms with Crippen molar-refractivity contribution in [3.05, 3.63) is 12.7 Å². The zero-order valence-corrected chi connectivity index (χ0v) is 14.8. The number of nitrogens with zero attached hydrogens (tertiary/aromatic N) is 4. The molecule has 4 rings (SSSR count). The predicted molar refractivity (Wildman–Crippen MR) is 86.5 cm³/mol. The monoisotopic (exact) mass is 386 g/mol. The van der Waals surface area contributed by atoms with Gasteiger partial charge in [0.2, 0.25) is 0 Å². The van der Waals surface area contributed by atoms with Crippen LogP contribution in [0.5, 0.6) is 0 Å². The van der Waals surface area contributed by atoms with Gasteiger partial charge >= 0.3 is 10.3 Å².